The Labute approximate surface area is 72.2 Å². The molecule has 0 atom stereocenters. The minimum atomic E-state index is -0.0891. The van der Waals surface area contributed by atoms with Crippen molar-refractivity contribution in [2.75, 3.05) is 24.8 Å². The van der Waals surface area contributed by atoms with Gasteiger partial charge in [-0.05, 0) is 19.2 Å². The van der Waals surface area contributed by atoms with Gasteiger partial charge in [-0.25, -0.2) is 0 Å². The summed E-state index contributed by atoms with van der Waals surface area (Å²) in [7, 11) is 1.50. The zero-order valence-electron chi connectivity index (χ0n) is 7.12. The lowest BCUT2D eigenvalue weighted by Crippen LogP contribution is -2.01. The lowest BCUT2D eigenvalue weighted by molar-refractivity contribution is 0.326. The zero-order valence-corrected chi connectivity index (χ0v) is 7.12. The summed E-state index contributed by atoms with van der Waals surface area (Å²) in [6.07, 6.45) is 0. The van der Waals surface area contributed by atoms with Crippen LogP contribution in [0.3, 0.4) is 0 Å². The van der Waals surface area contributed by atoms with Crippen LogP contribution < -0.4 is 16.8 Å². The highest BCUT2D eigenvalue weighted by atomic mass is 16.3. The summed E-state index contributed by atoms with van der Waals surface area (Å²) < 4.78 is 0. The molecule has 4 heteroatoms. The van der Waals surface area contributed by atoms with E-state index in [1.165, 1.54) is 7.05 Å². The molecule has 0 aromatic heterocycles. The van der Waals surface area contributed by atoms with E-state index >= 15 is 0 Å². The standard InChI is InChI=1S/C7H10N2O.CH5N/c8-6-3-1-2-4-7(6)9-5-10;1-2/h1-4,9-10H,5,8H2;2H2,1H3. The topological polar surface area (TPSA) is 84.3 Å². The number of rotatable bonds is 2. The smallest absolute Gasteiger partial charge is 0.113 e. The van der Waals surface area contributed by atoms with Crippen molar-refractivity contribution in [1.29, 1.82) is 0 Å². The molecule has 12 heavy (non-hydrogen) atoms. The molecule has 68 valence electrons. The number of aliphatic hydroxyl groups excluding tert-OH is 1. The molecule has 0 aliphatic rings. The molecular formula is C8H15N3O. The second-order valence-electron chi connectivity index (χ2n) is 1.92. The maximum Gasteiger partial charge on any atom is 0.113 e. The van der Waals surface area contributed by atoms with Crippen molar-refractivity contribution < 1.29 is 5.11 Å². The normalized spacial score (nSPS) is 8.25. The Morgan fingerprint density at radius 1 is 1.33 bits per heavy atom. The summed E-state index contributed by atoms with van der Waals surface area (Å²) in [4.78, 5) is 0. The minimum absolute atomic E-state index is 0.0891. The molecule has 0 amide bonds. The number of para-hydroxylation sites is 2. The number of aliphatic hydroxyl groups is 1. The Kier molecular flexibility index (Phi) is 5.77. The van der Waals surface area contributed by atoms with Crippen LogP contribution in [-0.4, -0.2) is 18.9 Å². The third-order valence-electron chi connectivity index (χ3n) is 1.23. The van der Waals surface area contributed by atoms with E-state index in [1.54, 1.807) is 6.07 Å². The maximum atomic E-state index is 8.48. The van der Waals surface area contributed by atoms with Gasteiger partial charge < -0.3 is 21.9 Å². The van der Waals surface area contributed by atoms with Crippen LogP contribution in [0.1, 0.15) is 0 Å². The van der Waals surface area contributed by atoms with E-state index in [0.29, 0.717) is 5.69 Å². The Morgan fingerprint density at radius 2 is 1.92 bits per heavy atom. The first kappa shape index (κ1) is 10.7. The first-order valence-electron chi connectivity index (χ1n) is 3.61. The van der Waals surface area contributed by atoms with E-state index in [9.17, 15) is 0 Å². The van der Waals surface area contributed by atoms with Crippen molar-refractivity contribution in [3.63, 3.8) is 0 Å². The Balaban J connectivity index is 0.000000561. The molecule has 6 N–H and O–H groups in total. The second-order valence-corrected chi connectivity index (χ2v) is 1.92. The van der Waals surface area contributed by atoms with Gasteiger partial charge in [-0.3, -0.25) is 0 Å². The lowest BCUT2D eigenvalue weighted by atomic mass is 10.3. The van der Waals surface area contributed by atoms with Gasteiger partial charge in [-0.2, -0.15) is 0 Å². The fourth-order valence-electron chi connectivity index (χ4n) is 0.743. The summed E-state index contributed by atoms with van der Waals surface area (Å²) in [6, 6.07) is 7.29. The first-order valence-corrected chi connectivity index (χ1v) is 3.61. The second kappa shape index (κ2) is 6.45. The predicted octanol–water partition coefficient (Wildman–Crippen LogP) is 0.205. The molecule has 0 aliphatic carbocycles. The van der Waals surface area contributed by atoms with Crippen LogP contribution in [0.25, 0.3) is 0 Å². The zero-order chi connectivity index (χ0) is 9.40. The highest BCUT2D eigenvalue weighted by molar-refractivity contribution is 5.65. The number of nitrogens with one attached hydrogen (secondary N) is 1. The predicted molar refractivity (Wildman–Crippen MR) is 51.7 cm³/mol. The summed E-state index contributed by atoms with van der Waals surface area (Å²) in [5, 5.41) is 11.2. The number of hydrogen-bond donors (Lipinski definition) is 4. The van der Waals surface area contributed by atoms with E-state index in [2.05, 4.69) is 11.1 Å². The van der Waals surface area contributed by atoms with E-state index in [4.69, 9.17) is 10.8 Å². The van der Waals surface area contributed by atoms with E-state index in [1.807, 2.05) is 18.2 Å². The van der Waals surface area contributed by atoms with Gasteiger partial charge in [0.2, 0.25) is 0 Å². The third-order valence-corrected chi connectivity index (χ3v) is 1.23. The molecule has 0 bridgehead atoms. The minimum Gasteiger partial charge on any atom is -0.397 e. The van der Waals surface area contributed by atoms with Gasteiger partial charge in [0.25, 0.3) is 0 Å². The van der Waals surface area contributed by atoms with Crippen LogP contribution in [0.15, 0.2) is 24.3 Å². The highest BCUT2D eigenvalue weighted by Crippen LogP contribution is 2.15. The highest BCUT2D eigenvalue weighted by Gasteiger charge is 1.92. The summed E-state index contributed by atoms with van der Waals surface area (Å²) in [5.41, 5.74) is 11.5. The van der Waals surface area contributed by atoms with Crippen LogP contribution in [-0.2, 0) is 0 Å². The molecule has 0 fully saturated rings. The molecule has 0 saturated heterocycles. The quantitative estimate of drug-likeness (QED) is 0.376. The van der Waals surface area contributed by atoms with Crippen LogP contribution >= 0.6 is 0 Å². The van der Waals surface area contributed by atoms with Crippen LogP contribution in [0.2, 0.25) is 0 Å². The van der Waals surface area contributed by atoms with Crippen molar-refractivity contribution in [1.82, 2.24) is 0 Å². The van der Waals surface area contributed by atoms with Crippen molar-refractivity contribution in [2.45, 2.75) is 0 Å². The van der Waals surface area contributed by atoms with Crippen molar-refractivity contribution in [2.24, 2.45) is 5.73 Å². The Morgan fingerprint density at radius 3 is 2.42 bits per heavy atom. The number of nitrogens with two attached hydrogens (primary N) is 2. The van der Waals surface area contributed by atoms with E-state index in [0.717, 1.165) is 5.69 Å². The molecule has 1 rings (SSSR count). The fourth-order valence-corrected chi connectivity index (χ4v) is 0.743. The molecular weight excluding hydrogens is 154 g/mol. The summed E-state index contributed by atoms with van der Waals surface area (Å²) in [6.45, 7) is -0.0891. The van der Waals surface area contributed by atoms with Gasteiger partial charge in [0.15, 0.2) is 0 Å². The van der Waals surface area contributed by atoms with Crippen LogP contribution in [0.4, 0.5) is 11.4 Å². The maximum absolute atomic E-state index is 8.48. The van der Waals surface area contributed by atoms with Gasteiger partial charge >= 0.3 is 0 Å². The van der Waals surface area contributed by atoms with Crippen molar-refractivity contribution >= 4 is 11.4 Å². The average Bonchev–Trinajstić information content (AvgIpc) is 2.13. The SMILES string of the molecule is CN.Nc1ccccc1NCO. The Hall–Kier alpha value is -1.26. The fraction of sp³-hybridized carbons (Fsp3) is 0.250. The first-order chi connectivity index (χ1) is 5.84. The van der Waals surface area contributed by atoms with Crippen molar-refractivity contribution in [3.8, 4) is 0 Å². The molecule has 0 saturated carbocycles. The van der Waals surface area contributed by atoms with E-state index < -0.39 is 0 Å². The summed E-state index contributed by atoms with van der Waals surface area (Å²) in [5.74, 6) is 0. The van der Waals surface area contributed by atoms with Gasteiger partial charge in [0.1, 0.15) is 6.73 Å². The number of anilines is 2. The van der Waals surface area contributed by atoms with Crippen LogP contribution in [0.5, 0.6) is 0 Å². The number of benzene rings is 1. The molecule has 4 nitrogen and oxygen atoms in total. The van der Waals surface area contributed by atoms with Crippen molar-refractivity contribution in [3.05, 3.63) is 24.3 Å². The lowest BCUT2D eigenvalue weighted by Gasteiger charge is -2.04. The van der Waals surface area contributed by atoms with Gasteiger partial charge in [0.05, 0.1) is 11.4 Å². The van der Waals surface area contributed by atoms with Gasteiger partial charge in [0, 0.05) is 0 Å². The summed E-state index contributed by atoms with van der Waals surface area (Å²) >= 11 is 0. The van der Waals surface area contributed by atoms with Gasteiger partial charge in [-0.1, -0.05) is 12.1 Å². The molecule has 0 unspecified atom stereocenters. The molecule has 0 spiro atoms. The monoisotopic (exact) mass is 169 g/mol. The molecule has 1 aromatic carbocycles. The Bertz CT molecular complexity index is 215. The number of hydrogen-bond acceptors (Lipinski definition) is 4. The molecule has 0 heterocycles. The van der Waals surface area contributed by atoms with Gasteiger partial charge in [-0.15, -0.1) is 0 Å². The molecule has 0 radical (unpaired) electrons. The number of nitrogen functional groups attached to an aromatic ring is 1. The molecule has 0 aliphatic heterocycles. The van der Waals surface area contributed by atoms with E-state index in [-0.39, 0.29) is 6.73 Å². The molecule has 1 aromatic rings. The van der Waals surface area contributed by atoms with Crippen LogP contribution in [0, 0.1) is 0 Å². The average molecular weight is 169 g/mol. The largest absolute Gasteiger partial charge is 0.397 e. The third kappa shape index (κ3) is 3.23.